The fourth-order valence-corrected chi connectivity index (χ4v) is 6.39. The first-order valence-electron chi connectivity index (χ1n) is 14.3. The maximum Gasteiger partial charge on any atom is 0.291 e. The van der Waals surface area contributed by atoms with Crippen molar-refractivity contribution in [3.63, 3.8) is 0 Å². The number of ether oxygens (including phenoxy) is 1. The number of nitrogens with one attached hydrogen (secondary N) is 3. The molecule has 1 saturated heterocycles. The van der Waals surface area contributed by atoms with Crippen LogP contribution in [0, 0.1) is 37.3 Å². The van der Waals surface area contributed by atoms with Crippen LogP contribution in [0.1, 0.15) is 32.4 Å². The third kappa shape index (κ3) is 5.27. The molecule has 2 atom stereocenters. The van der Waals surface area contributed by atoms with Crippen molar-refractivity contribution in [2.75, 3.05) is 32.1 Å². The highest BCUT2D eigenvalue weighted by Gasteiger charge is 2.53. The van der Waals surface area contributed by atoms with Gasteiger partial charge in [-0.2, -0.15) is 5.10 Å². The van der Waals surface area contributed by atoms with Gasteiger partial charge >= 0.3 is 0 Å². The summed E-state index contributed by atoms with van der Waals surface area (Å²) in [6.45, 7) is 6.26. The number of aromatic nitrogens is 4. The Morgan fingerprint density at radius 1 is 1.09 bits per heavy atom. The summed E-state index contributed by atoms with van der Waals surface area (Å²) in [5.41, 5.74) is 2.72. The Balaban J connectivity index is 1.18. The van der Waals surface area contributed by atoms with Gasteiger partial charge in [0.25, 0.3) is 11.8 Å². The summed E-state index contributed by atoms with van der Waals surface area (Å²) in [6.07, 6.45) is 1.31. The zero-order valence-electron chi connectivity index (χ0n) is 24.7. The van der Waals surface area contributed by atoms with Crippen molar-refractivity contribution in [3.05, 3.63) is 76.0 Å². The molecule has 1 aliphatic heterocycles. The molecular weight excluding hydrogens is 592 g/mol. The molecule has 0 radical (unpaired) electrons. The molecule has 2 aromatic carbocycles. The average molecular weight is 624 g/mol. The van der Waals surface area contributed by atoms with Crippen molar-refractivity contribution >= 4 is 29.1 Å². The number of aryl methyl sites for hydroxylation is 1. The highest BCUT2D eigenvalue weighted by atomic mass is 35.5. The van der Waals surface area contributed by atoms with E-state index in [0.717, 1.165) is 13.1 Å². The number of rotatable bonds is 9. The summed E-state index contributed by atoms with van der Waals surface area (Å²) in [5, 5.41) is 13.7. The third-order valence-electron chi connectivity index (χ3n) is 8.57. The Morgan fingerprint density at radius 2 is 1.80 bits per heavy atom. The number of carbonyl (C=O) groups excluding carboxylic acids is 2. The summed E-state index contributed by atoms with van der Waals surface area (Å²) >= 11 is 6.39. The molecule has 1 aliphatic carbocycles. The van der Waals surface area contributed by atoms with E-state index < -0.39 is 17.5 Å². The molecule has 3 N–H and O–H groups in total. The Bertz CT molecular complexity index is 1780. The summed E-state index contributed by atoms with van der Waals surface area (Å²) in [4.78, 5) is 30.0. The molecule has 6 rings (SSSR count). The molecule has 2 aliphatic rings. The van der Waals surface area contributed by atoms with E-state index in [-0.39, 0.29) is 39.6 Å². The predicted octanol–water partition coefficient (Wildman–Crippen LogP) is 4.35. The molecule has 3 heterocycles. The van der Waals surface area contributed by atoms with Crippen molar-refractivity contribution in [1.82, 2.24) is 30.0 Å². The van der Waals surface area contributed by atoms with Gasteiger partial charge in [0.05, 0.1) is 41.3 Å². The highest BCUT2D eigenvalue weighted by molar-refractivity contribution is 6.34. The second-order valence-corrected chi connectivity index (χ2v) is 11.6. The summed E-state index contributed by atoms with van der Waals surface area (Å²) < 4.78 is 39.2. The summed E-state index contributed by atoms with van der Waals surface area (Å²) in [7, 11) is 3.12. The first kappa shape index (κ1) is 29.9. The fourth-order valence-electron chi connectivity index (χ4n) is 6.12. The van der Waals surface area contributed by atoms with Crippen molar-refractivity contribution in [1.29, 1.82) is 0 Å². The van der Waals surface area contributed by atoms with Gasteiger partial charge in [-0.25, -0.2) is 13.8 Å². The zero-order valence-corrected chi connectivity index (χ0v) is 25.4. The number of hydrogen-bond acceptors (Lipinski definition) is 6. The number of piperidine rings is 1. The first-order chi connectivity index (χ1) is 21.1. The maximum absolute atomic E-state index is 15.5. The minimum absolute atomic E-state index is 0.0261. The predicted molar refractivity (Wildman–Crippen MR) is 162 cm³/mol. The van der Waals surface area contributed by atoms with Crippen LogP contribution >= 0.6 is 11.6 Å². The summed E-state index contributed by atoms with van der Waals surface area (Å²) in [5.74, 6) is -2.02. The van der Waals surface area contributed by atoms with E-state index in [0.29, 0.717) is 53.2 Å². The lowest BCUT2D eigenvalue weighted by molar-refractivity contribution is 0.0946. The Morgan fingerprint density at radius 3 is 2.50 bits per heavy atom. The van der Waals surface area contributed by atoms with Crippen molar-refractivity contribution in [3.8, 4) is 22.4 Å². The van der Waals surface area contributed by atoms with E-state index >= 15 is 8.78 Å². The molecular formula is C31H32ClF2N7O3. The van der Waals surface area contributed by atoms with Crippen LogP contribution in [-0.4, -0.2) is 64.0 Å². The lowest BCUT2D eigenvalue weighted by atomic mass is 10.00. The minimum atomic E-state index is -1.06. The SMILES string of the molecule is COCCn1nc(C)c(-c2ccc(-c3cnc(C(=O)Nc4ccc(C(=O)NC5C6CNCC65)c(Cl)c4)n3C)c(F)c2F)c1C. The first-order valence-corrected chi connectivity index (χ1v) is 14.6. The molecule has 13 heteroatoms. The third-order valence-corrected chi connectivity index (χ3v) is 8.88. The Kier molecular flexibility index (Phi) is 7.99. The molecule has 44 heavy (non-hydrogen) atoms. The molecule has 10 nitrogen and oxygen atoms in total. The number of imidazole rings is 1. The zero-order chi connectivity index (χ0) is 31.3. The minimum Gasteiger partial charge on any atom is -0.383 e. The lowest BCUT2D eigenvalue weighted by Crippen LogP contribution is -2.32. The quantitative estimate of drug-likeness (QED) is 0.256. The van der Waals surface area contributed by atoms with Crippen molar-refractivity contribution < 1.29 is 23.1 Å². The number of methoxy groups -OCH3 is 1. The van der Waals surface area contributed by atoms with Crippen LogP contribution in [0.5, 0.6) is 0 Å². The van der Waals surface area contributed by atoms with Crippen LogP contribution in [0.25, 0.3) is 22.4 Å². The van der Waals surface area contributed by atoms with E-state index in [1.54, 1.807) is 44.8 Å². The number of carbonyl (C=O) groups is 2. The molecule has 2 aromatic heterocycles. The smallest absolute Gasteiger partial charge is 0.291 e. The molecule has 2 amide bonds. The van der Waals surface area contributed by atoms with E-state index in [9.17, 15) is 9.59 Å². The van der Waals surface area contributed by atoms with E-state index in [1.807, 2.05) is 0 Å². The van der Waals surface area contributed by atoms with Gasteiger partial charge in [0.1, 0.15) is 0 Å². The van der Waals surface area contributed by atoms with Crippen molar-refractivity contribution in [2.24, 2.45) is 18.9 Å². The topological polar surface area (TPSA) is 115 Å². The second kappa shape index (κ2) is 11.8. The molecule has 0 bridgehead atoms. The molecule has 1 saturated carbocycles. The van der Waals surface area contributed by atoms with Crippen LogP contribution in [-0.2, 0) is 18.3 Å². The molecule has 0 spiro atoms. The van der Waals surface area contributed by atoms with Crippen molar-refractivity contribution in [2.45, 2.75) is 26.4 Å². The van der Waals surface area contributed by atoms with Crippen LogP contribution in [0.2, 0.25) is 5.02 Å². The van der Waals surface area contributed by atoms with E-state index in [1.165, 1.54) is 29.0 Å². The number of fused-ring (bicyclic) bond motifs is 1. The second-order valence-electron chi connectivity index (χ2n) is 11.2. The standard InChI is InChI=1S/C31H32ClF2N7O3/c1-15-25(16(2)41(39-15)9-10-44-4)20-8-7-19(26(33)27(20)34)24-14-36-29(40(24)3)31(43)37-17-5-6-18(23(32)11-17)30(42)38-28-21-12-35-13-22(21)28/h5-8,11,14,21-22,28,35H,9-10,12-13H2,1-4H3,(H,37,43)(H,38,42). The van der Waals surface area contributed by atoms with E-state index in [4.69, 9.17) is 16.3 Å². The molecule has 230 valence electrons. The number of hydrogen-bond donors (Lipinski definition) is 3. The molecule has 2 unspecified atom stereocenters. The monoisotopic (exact) mass is 623 g/mol. The number of halogens is 3. The van der Waals surface area contributed by atoms with Gasteiger partial charge in [-0.1, -0.05) is 17.7 Å². The average Bonchev–Trinajstić information content (AvgIpc) is 3.33. The van der Waals surface area contributed by atoms with Gasteiger partial charge in [0.2, 0.25) is 0 Å². The normalized spacial score (nSPS) is 18.8. The molecule has 4 aromatic rings. The summed E-state index contributed by atoms with van der Waals surface area (Å²) in [6, 6.07) is 7.75. The highest BCUT2D eigenvalue weighted by Crippen LogP contribution is 2.42. The Labute approximate surface area is 257 Å². The van der Waals surface area contributed by atoms with E-state index in [2.05, 4.69) is 26.0 Å². The lowest BCUT2D eigenvalue weighted by Gasteiger charge is -2.12. The Hall–Kier alpha value is -4.13. The van der Waals surface area contributed by atoms with Gasteiger partial charge in [0, 0.05) is 61.4 Å². The van der Waals surface area contributed by atoms with Crippen LogP contribution in [0.3, 0.4) is 0 Å². The van der Waals surface area contributed by atoms with Gasteiger partial charge in [-0.05, 0) is 49.9 Å². The van der Waals surface area contributed by atoms with Gasteiger partial charge in [0.15, 0.2) is 17.5 Å². The molecule has 2 fully saturated rings. The van der Waals surface area contributed by atoms with Crippen LogP contribution in [0.15, 0.2) is 36.5 Å². The number of benzene rings is 2. The number of amides is 2. The largest absolute Gasteiger partial charge is 0.383 e. The van der Waals surface area contributed by atoms with Crippen LogP contribution in [0.4, 0.5) is 14.5 Å². The van der Waals surface area contributed by atoms with Gasteiger partial charge in [-0.15, -0.1) is 0 Å². The maximum atomic E-state index is 15.5. The van der Waals surface area contributed by atoms with Gasteiger partial charge < -0.3 is 25.3 Å². The number of nitrogens with zero attached hydrogens (tertiary/aromatic N) is 4. The van der Waals surface area contributed by atoms with Crippen LogP contribution < -0.4 is 16.0 Å². The number of anilines is 1. The van der Waals surface area contributed by atoms with Gasteiger partial charge in [-0.3, -0.25) is 14.3 Å². The fraction of sp³-hybridized carbons (Fsp3) is 0.355.